The highest BCUT2D eigenvalue weighted by atomic mass is 32.1. The number of hydrogen-bond acceptors (Lipinski definition) is 4. The minimum atomic E-state index is 0.0259. The Morgan fingerprint density at radius 3 is 3.25 bits per heavy atom. The highest BCUT2D eigenvalue weighted by molar-refractivity contribution is 7.15. The van der Waals surface area contributed by atoms with Crippen molar-refractivity contribution in [3.63, 3.8) is 0 Å². The van der Waals surface area contributed by atoms with Crippen LogP contribution in [0.5, 0.6) is 0 Å². The maximum atomic E-state index is 11.8. The summed E-state index contributed by atoms with van der Waals surface area (Å²) in [5.74, 6) is 0.831. The number of thiazole rings is 1. The number of nitrogens with zero attached hydrogens (tertiary/aromatic N) is 2. The standard InChI is InChI=1S/C14H19N3O2S/c18-13(15-4-1-6-19-10-11-2-3-11)8-12-9-17-5-7-20-14(17)16-12/h5,7,9,11H,1-4,6,8,10H2,(H,15,18). The van der Waals surface area contributed by atoms with Crippen molar-refractivity contribution in [3.8, 4) is 0 Å². The van der Waals surface area contributed by atoms with Crippen LogP contribution < -0.4 is 5.32 Å². The monoisotopic (exact) mass is 293 g/mol. The molecule has 0 aromatic carbocycles. The van der Waals surface area contributed by atoms with E-state index in [9.17, 15) is 4.79 Å². The zero-order valence-electron chi connectivity index (χ0n) is 11.4. The molecule has 1 N–H and O–H groups in total. The zero-order valence-corrected chi connectivity index (χ0v) is 12.2. The molecule has 1 fully saturated rings. The Hall–Kier alpha value is -1.40. The van der Waals surface area contributed by atoms with Gasteiger partial charge in [-0.1, -0.05) is 0 Å². The number of carbonyl (C=O) groups excluding carboxylic acids is 1. The molecule has 3 rings (SSSR count). The third-order valence-corrected chi connectivity index (χ3v) is 4.09. The lowest BCUT2D eigenvalue weighted by Gasteiger charge is -2.05. The summed E-state index contributed by atoms with van der Waals surface area (Å²) in [6.07, 6.45) is 7.71. The van der Waals surface area contributed by atoms with Gasteiger partial charge in [-0.3, -0.25) is 9.20 Å². The minimum absolute atomic E-state index is 0.0259. The van der Waals surface area contributed by atoms with Gasteiger partial charge in [-0.2, -0.15) is 0 Å². The molecule has 0 aliphatic heterocycles. The maximum Gasteiger partial charge on any atom is 0.226 e. The molecule has 0 bridgehead atoms. The first-order valence-corrected chi connectivity index (χ1v) is 7.95. The average Bonchev–Trinajstić information content (AvgIpc) is 3.01. The van der Waals surface area contributed by atoms with Gasteiger partial charge in [-0.15, -0.1) is 11.3 Å². The molecule has 108 valence electrons. The normalized spacial score (nSPS) is 14.8. The third kappa shape index (κ3) is 3.80. The van der Waals surface area contributed by atoms with Crippen molar-refractivity contribution >= 4 is 22.2 Å². The molecular weight excluding hydrogens is 274 g/mol. The molecule has 0 radical (unpaired) electrons. The second kappa shape index (κ2) is 6.37. The molecule has 1 aliphatic carbocycles. The summed E-state index contributed by atoms with van der Waals surface area (Å²) < 4.78 is 7.46. The molecule has 1 aliphatic rings. The highest BCUT2D eigenvalue weighted by Gasteiger charge is 2.20. The largest absolute Gasteiger partial charge is 0.381 e. The Labute approximate surface area is 122 Å². The first-order chi connectivity index (χ1) is 9.81. The van der Waals surface area contributed by atoms with Crippen LogP contribution in [0, 0.1) is 5.92 Å². The topological polar surface area (TPSA) is 55.6 Å². The van der Waals surface area contributed by atoms with Crippen molar-refractivity contribution < 1.29 is 9.53 Å². The SMILES string of the molecule is O=C(Cc1cn2ccsc2n1)NCCCOCC1CC1. The van der Waals surface area contributed by atoms with Gasteiger partial charge in [-0.25, -0.2) is 4.98 Å². The number of rotatable bonds is 8. The molecule has 0 atom stereocenters. The van der Waals surface area contributed by atoms with E-state index >= 15 is 0 Å². The summed E-state index contributed by atoms with van der Waals surface area (Å²) in [6, 6.07) is 0. The molecule has 20 heavy (non-hydrogen) atoms. The average molecular weight is 293 g/mol. The number of fused-ring (bicyclic) bond motifs is 1. The van der Waals surface area contributed by atoms with Gasteiger partial charge in [0, 0.05) is 37.5 Å². The fraction of sp³-hybridized carbons (Fsp3) is 0.571. The first kappa shape index (κ1) is 13.6. The van der Waals surface area contributed by atoms with Gasteiger partial charge in [0.15, 0.2) is 4.96 Å². The number of ether oxygens (including phenoxy) is 1. The fourth-order valence-electron chi connectivity index (χ4n) is 2.02. The molecule has 6 heteroatoms. The van der Waals surface area contributed by atoms with Crippen molar-refractivity contribution in [1.82, 2.24) is 14.7 Å². The lowest BCUT2D eigenvalue weighted by Crippen LogP contribution is -2.27. The van der Waals surface area contributed by atoms with E-state index in [4.69, 9.17) is 4.74 Å². The van der Waals surface area contributed by atoms with E-state index in [0.717, 1.165) is 36.2 Å². The second-order valence-corrected chi connectivity index (χ2v) is 6.10. The summed E-state index contributed by atoms with van der Waals surface area (Å²) in [4.78, 5) is 17.1. The van der Waals surface area contributed by atoms with Gasteiger partial charge in [0.2, 0.25) is 5.91 Å². The summed E-state index contributed by atoms with van der Waals surface area (Å²) in [6.45, 7) is 2.29. The van der Waals surface area contributed by atoms with E-state index in [-0.39, 0.29) is 5.91 Å². The molecule has 2 aromatic rings. The van der Waals surface area contributed by atoms with E-state index in [2.05, 4.69) is 10.3 Å². The summed E-state index contributed by atoms with van der Waals surface area (Å²) in [7, 11) is 0. The van der Waals surface area contributed by atoms with Gasteiger partial charge < -0.3 is 10.1 Å². The Balaban J connectivity index is 1.31. The maximum absolute atomic E-state index is 11.8. The number of imidazole rings is 1. The van der Waals surface area contributed by atoms with Crippen LogP contribution in [0.15, 0.2) is 17.8 Å². The second-order valence-electron chi connectivity index (χ2n) is 5.22. The summed E-state index contributed by atoms with van der Waals surface area (Å²) in [5.41, 5.74) is 0.819. The van der Waals surface area contributed by atoms with E-state index in [1.54, 1.807) is 11.3 Å². The molecule has 0 spiro atoms. The van der Waals surface area contributed by atoms with Gasteiger partial charge in [0.25, 0.3) is 0 Å². The first-order valence-electron chi connectivity index (χ1n) is 7.07. The molecular formula is C14H19N3O2S. The Bertz CT molecular complexity index is 545. The summed E-state index contributed by atoms with van der Waals surface area (Å²) in [5, 5.41) is 4.89. The van der Waals surface area contributed by atoms with Crippen LogP contribution in [-0.2, 0) is 16.0 Å². The van der Waals surface area contributed by atoms with Gasteiger partial charge in [-0.05, 0) is 25.2 Å². The number of carbonyl (C=O) groups is 1. The van der Waals surface area contributed by atoms with Crippen LogP contribution in [0.4, 0.5) is 0 Å². The van der Waals surface area contributed by atoms with Crippen molar-refractivity contribution in [2.24, 2.45) is 5.92 Å². The third-order valence-electron chi connectivity index (χ3n) is 3.32. The molecule has 1 amide bonds. The van der Waals surface area contributed by atoms with Crippen molar-refractivity contribution in [1.29, 1.82) is 0 Å². The molecule has 2 heterocycles. The van der Waals surface area contributed by atoms with Gasteiger partial charge in [0.05, 0.1) is 12.1 Å². The number of amides is 1. The number of hydrogen-bond donors (Lipinski definition) is 1. The minimum Gasteiger partial charge on any atom is -0.381 e. The van der Waals surface area contributed by atoms with Crippen LogP contribution in [0.2, 0.25) is 0 Å². The Kier molecular flexibility index (Phi) is 4.32. The van der Waals surface area contributed by atoms with Crippen LogP contribution >= 0.6 is 11.3 Å². The van der Waals surface area contributed by atoms with Crippen LogP contribution in [0.25, 0.3) is 4.96 Å². The predicted octanol–water partition coefficient (Wildman–Crippen LogP) is 1.87. The zero-order chi connectivity index (χ0) is 13.8. The Morgan fingerprint density at radius 1 is 1.55 bits per heavy atom. The fourth-order valence-corrected chi connectivity index (χ4v) is 2.74. The highest BCUT2D eigenvalue weighted by Crippen LogP contribution is 2.28. The van der Waals surface area contributed by atoms with Crippen molar-refractivity contribution in [2.45, 2.75) is 25.7 Å². The molecule has 0 saturated heterocycles. The summed E-state index contributed by atoms with van der Waals surface area (Å²) >= 11 is 1.57. The van der Waals surface area contributed by atoms with E-state index in [1.807, 2.05) is 22.2 Å². The lowest BCUT2D eigenvalue weighted by atomic mass is 10.3. The number of nitrogens with one attached hydrogen (secondary N) is 1. The van der Waals surface area contributed by atoms with E-state index in [1.165, 1.54) is 12.8 Å². The molecule has 5 nitrogen and oxygen atoms in total. The number of aromatic nitrogens is 2. The quantitative estimate of drug-likeness (QED) is 0.756. The van der Waals surface area contributed by atoms with E-state index in [0.29, 0.717) is 13.0 Å². The predicted molar refractivity (Wildman–Crippen MR) is 77.9 cm³/mol. The smallest absolute Gasteiger partial charge is 0.226 e. The van der Waals surface area contributed by atoms with Crippen LogP contribution in [-0.4, -0.2) is 35.1 Å². The van der Waals surface area contributed by atoms with Crippen LogP contribution in [0.1, 0.15) is 25.0 Å². The van der Waals surface area contributed by atoms with Crippen molar-refractivity contribution in [3.05, 3.63) is 23.5 Å². The molecule has 2 aromatic heterocycles. The van der Waals surface area contributed by atoms with Gasteiger partial charge in [0.1, 0.15) is 0 Å². The van der Waals surface area contributed by atoms with E-state index < -0.39 is 0 Å². The van der Waals surface area contributed by atoms with Crippen molar-refractivity contribution in [2.75, 3.05) is 19.8 Å². The van der Waals surface area contributed by atoms with Gasteiger partial charge >= 0.3 is 0 Å². The lowest BCUT2D eigenvalue weighted by molar-refractivity contribution is -0.120. The van der Waals surface area contributed by atoms with Crippen LogP contribution in [0.3, 0.4) is 0 Å². The molecule has 0 unspecified atom stereocenters. The Morgan fingerprint density at radius 2 is 2.45 bits per heavy atom. The molecule has 1 saturated carbocycles.